The molecule has 108 valence electrons. The predicted octanol–water partition coefficient (Wildman–Crippen LogP) is 2.33. The number of rotatable bonds is 3. The van der Waals surface area contributed by atoms with Gasteiger partial charge in [0, 0.05) is 18.2 Å². The summed E-state index contributed by atoms with van der Waals surface area (Å²) >= 11 is 3.02. The highest BCUT2D eigenvalue weighted by Crippen LogP contribution is 2.17. The number of halogens is 2. The zero-order valence-electron chi connectivity index (χ0n) is 11.2. The van der Waals surface area contributed by atoms with Gasteiger partial charge in [0.15, 0.2) is 0 Å². The van der Waals surface area contributed by atoms with Crippen LogP contribution in [0.1, 0.15) is 30.1 Å². The molecule has 0 radical (unpaired) electrons. The van der Waals surface area contributed by atoms with Gasteiger partial charge in [-0.3, -0.25) is 9.59 Å². The van der Waals surface area contributed by atoms with Gasteiger partial charge in [-0.25, -0.2) is 4.39 Å². The van der Waals surface area contributed by atoms with E-state index in [2.05, 4.69) is 21.2 Å². The normalized spacial score (nSPS) is 18.1. The van der Waals surface area contributed by atoms with Crippen molar-refractivity contribution in [2.45, 2.75) is 25.8 Å². The highest BCUT2D eigenvalue weighted by molar-refractivity contribution is 9.10. The van der Waals surface area contributed by atoms with E-state index in [9.17, 15) is 14.0 Å². The summed E-state index contributed by atoms with van der Waals surface area (Å²) in [7, 11) is 0. The Balaban J connectivity index is 1.91. The van der Waals surface area contributed by atoms with Crippen LogP contribution in [0.2, 0.25) is 0 Å². The van der Waals surface area contributed by atoms with Crippen LogP contribution >= 0.6 is 15.9 Å². The molecular weight excluding hydrogens is 327 g/mol. The monoisotopic (exact) mass is 342 g/mol. The summed E-state index contributed by atoms with van der Waals surface area (Å²) in [6.07, 6.45) is 2.00. The summed E-state index contributed by atoms with van der Waals surface area (Å²) in [5.74, 6) is -1.05. The maximum Gasteiger partial charge on any atom is 0.251 e. The van der Waals surface area contributed by atoms with E-state index in [-0.39, 0.29) is 24.1 Å². The van der Waals surface area contributed by atoms with Crippen molar-refractivity contribution in [3.8, 4) is 0 Å². The molecule has 0 aliphatic carbocycles. The SMILES string of the molecule is CC1CCCN1C(=O)CNC(=O)c1ccc(Br)c(F)c1. The molecule has 0 spiro atoms. The highest BCUT2D eigenvalue weighted by atomic mass is 79.9. The van der Waals surface area contributed by atoms with Gasteiger partial charge in [-0.1, -0.05) is 0 Å². The van der Waals surface area contributed by atoms with Gasteiger partial charge in [0.2, 0.25) is 5.91 Å². The van der Waals surface area contributed by atoms with Crippen LogP contribution in [-0.4, -0.2) is 35.8 Å². The first kappa shape index (κ1) is 15.0. The lowest BCUT2D eigenvalue weighted by Crippen LogP contribution is -2.41. The molecule has 6 heteroatoms. The fraction of sp³-hybridized carbons (Fsp3) is 0.429. The average Bonchev–Trinajstić information content (AvgIpc) is 2.85. The standard InChI is InChI=1S/C14H16BrFN2O2/c1-9-3-2-6-18(9)13(19)8-17-14(20)10-4-5-11(15)12(16)7-10/h4-5,7,9H,2-3,6,8H2,1H3,(H,17,20). The molecule has 1 heterocycles. The Kier molecular flexibility index (Phi) is 4.75. The molecule has 1 N–H and O–H groups in total. The molecule has 0 bridgehead atoms. The third kappa shape index (κ3) is 3.36. The number of carbonyl (C=O) groups excluding carboxylic acids is 2. The molecule has 1 aliphatic heterocycles. The fourth-order valence-electron chi connectivity index (χ4n) is 2.30. The van der Waals surface area contributed by atoms with Crippen LogP contribution < -0.4 is 5.32 Å². The zero-order chi connectivity index (χ0) is 14.7. The van der Waals surface area contributed by atoms with Gasteiger partial charge in [0.05, 0.1) is 11.0 Å². The smallest absolute Gasteiger partial charge is 0.251 e. The number of nitrogens with one attached hydrogen (secondary N) is 1. The minimum absolute atomic E-state index is 0.0547. The number of carbonyl (C=O) groups is 2. The number of hydrogen-bond acceptors (Lipinski definition) is 2. The predicted molar refractivity (Wildman–Crippen MR) is 76.8 cm³/mol. The van der Waals surface area contributed by atoms with E-state index in [0.29, 0.717) is 4.47 Å². The van der Waals surface area contributed by atoms with E-state index >= 15 is 0 Å². The molecule has 20 heavy (non-hydrogen) atoms. The Morgan fingerprint density at radius 2 is 2.25 bits per heavy atom. The number of amides is 2. The van der Waals surface area contributed by atoms with Gasteiger partial charge in [0.25, 0.3) is 5.91 Å². The Bertz CT molecular complexity index is 536. The molecule has 0 aromatic heterocycles. The third-order valence-corrected chi connectivity index (χ3v) is 4.10. The molecule has 1 aromatic carbocycles. The lowest BCUT2D eigenvalue weighted by Gasteiger charge is -2.21. The van der Waals surface area contributed by atoms with Crippen molar-refractivity contribution in [1.82, 2.24) is 10.2 Å². The van der Waals surface area contributed by atoms with Gasteiger partial charge < -0.3 is 10.2 Å². The first-order valence-corrected chi connectivity index (χ1v) is 7.31. The quantitative estimate of drug-likeness (QED) is 0.916. The zero-order valence-corrected chi connectivity index (χ0v) is 12.7. The largest absolute Gasteiger partial charge is 0.343 e. The van der Waals surface area contributed by atoms with Gasteiger partial charge in [-0.15, -0.1) is 0 Å². The van der Waals surface area contributed by atoms with Gasteiger partial charge >= 0.3 is 0 Å². The van der Waals surface area contributed by atoms with Gasteiger partial charge in [-0.05, 0) is 53.9 Å². The first-order chi connectivity index (χ1) is 9.49. The summed E-state index contributed by atoms with van der Waals surface area (Å²) in [6, 6.07) is 4.34. The van der Waals surface area contributed by atoms with Crippen LogP contribution in [-0.2, 0) is 4.79 Å². The molecule has 1 aromatic rings. The second-order valence-electron chi connectivity index (χ2n) is 4.89. The van der Waals surface area contributed by atoms with Crippen molar-refractivity contribution in [2.75, 3.05) is 13.1 Å². The molecular formula is C14H16BrFN2O2. The van der Waals surface area contributed by atoms with E-state index in [4.69, 9.17) is 0 Å². The minimum Gasteiger partial charge on any atom is -0.343 e. The Morgan fingerprint density at radius 3 is 2.85 bits per heavy atom. The number of likely N-dealkylation sites (tertiary alicyclic amines) is 1. The second-order valence-corrected chi connectivity index (χ2v) is 5.74. The van der Waals surface area contributed by atoms with E-state index < -0.39 is 11.7 Å². The Morgan fingerprint density at radius 1 is 1.50 bits per heavy atom. The molecule has 1 fully saturated rings. The molecule has 1 unspecified atom stereocenters. The number of hydrogen-bond donors (Lipinski definition) is 1. The Hall–Kier alpha value is -1.43. The molecule has 1 atom stereocenters. The first-order valence-electron chi connectivity index (χ1n) is 6.51. The fourth-order valence-corrected chi connectivity index (χ4v) is 2.55. The molecule has 1 aliphatic rings. The molecule has 0 saturated carbocycles. The number of benzene rings is 1. The lowest BCUT2D eigenvalue weighted by atomic mass is 10.2. The molecule has 2 amide bonds. The molecule has 4 nitrogen and oxygen atoms in total. The Labute approximate surface area is 125 Å². The van der Waals surface area contributed by atoms with Crippen molar-refractivity contribution in [2.24, 2.45) is 0 Å². The summed E-state index contributed by atoms with van der Waals surface area (Å²) in [5.41, 5.74) is 0.202. The van der Waals surface area contributed by atoms with Crippen molar-refractivity contribution in [1.29, 1.82) is 0 Å². The van der Waals surface area contributed by atoms with Crippen LogP contribution in [0, 0.1) is 5.82 Å². The summed E-state index contributed by atoms with van der Waals surface area (Å²) in [6.45, 7) is 2.68. The van der Waals surface area contributed by atoms with Gasteiger partial charge in [-0.2, -0.15) is 0 Å². The van der Waals surface area contributed by atoms with Crippen LogP contribution in [0.15, 0.2) is 22.7 Å². The van der Waals surface area contributed by atoms with E-state index in [1.54, 1.807) is 4.90 Å². The van der Waals surface area contributed by atoms with Crippen LogP contribution in [0.4, 0.5) is 4.39 Å². The maximum absolute atomic E-state index is 13.3. The maximum atomic E-state index is 13.3. The van der Waals surface area contributed by atoms with E-state index in [1.807, 2.05) is 6.92 Å². The summed E-state index contributed by atoms with van der Waals surface area (Å²) in [4.78, 5) is 25.6. The second kappa shape index (κ2) is 6.35. The van der Waals surface area contributed by atoms with Crippen LogP contribution in [0.3, 0.4) is 0 Å². The third-order valence-electron chi connectivity index (χ3n) is 3.46. The number of nitrogens with zero attached hydrogens (tertiary/aromatic N) is 1. The molecule has 2 rings (SSSR count). The van der Waals surface area contributed by atoms with Crippen molar-refractivity contribution < 1.29 is 14.0 Å². The minimum atomic E-state index is -0.503. The highest BCUT2D eigenvalue weighted by Gasteiger charge is 2.25. The van der Waals surface area contributed by atoms with Crippen LogP contribution in [0.25, 0.3) is 0 Å². The van der Waals surface area contributed by atoms with Crippen LogP contribution in [0.5, 0.6) is 0 Å². The van der Waals surface area contributed by atoms with Crippen molar-refractivity contribution in [3.05, 3.63) is 34.1 Å². The summed E-state index contributed by atoms with van der Waals surface area (Å²) < 4.78 is 13.6. The topological polar surface area (TPSA) is 49.4 Å². The van der Waals surface area contributed by atoms with Crippen molar-refractivity contribution in [3.63, 3.8) is 0 Å². The van der Waals surface area contributed by atoms with E-state index in [0.717, 1.165) is 25.5 Å². The van der Waals surface area contributed by atoms with E-state index in [1.165, 1.54) is 12.1 Å². The van der Waals surface area contributed by atoms with Gasteiger partial charge in [0.1, 0.15) is 5.82 Å². The average molecular weight is 343 g/mol. The lowest BCUT2D eigenvalue weighted by molar-refractivity contribution is -0.130. The summed E-state index contributed by atoms with van der Waals surface area (Å²) in [5, 5.41) is 2.53. The van der Waals surface area contributed by atoms with Crippen molar-refractivity contribution >= 4 is 27.7 Å². The molecule has 1 saturated heterocycles.